The minimum absolute atomic E-state index is 0. The van der Waals surface area contributed by atoms with E-state index in [4.69, 9.17) is 9.47 Å². The van der Waals surface area contributed by atoms with Gasteiger partial charge in [0.25, 0.3) is 0 Å². The average molecular weight is 633 g/mol. The smallest absolute Gasteiger partial charge is 1.00 e. The molecule has 0 aromatic heterocycles. The molecule has 0 heterocycles. The van der Waals surface area contributed by atoms with E-state index in [1.165, 1.54) is 54.9 Å². The molecule has 0 atom stereocenters. The summed E-state index contributed by atoms with van der Waals surface area (Å²) in [5, 5.41) is 5.25. The molecule has 5 heteroatoms. The van der Waals surface area contributed by atoms with E-state index in [1.54, 1.807) is 14.2 Å². The third-order valence-corrected chi connectivity index (χ3v) is 6.59. The van der Waals surface area contributed by atoms with Crippen molar-refractivity contribution in [2.45, 2.75) is 13.8 Å². The Morgan fingerprint density at radius 3 is 1.21 bits per heavy atom. The van der Waals surface area contributed by atoms with Crippen molar-refractivity contribution < 1.29 is 60.5 Å². The number of halogens is 2. The number of fused-ring (bicyclic) bond motifs is 2. The molecule has 0 aliphatic rings. The van der Waals surface area contributed by atoms with E-state index in [0.717, 1.165) is 11.5 Å². The van der Waals surface area contributed by atoms with Crippen LogP contribution in [-0.2, 0) is 26.2 Å². The summed E-state index contributed by atoms with van der Waals surface area (Å²) < 4.78 is 10.4. The van der Waals surface area contributed by atoms with E-state index in [2.05, 4.69) is 98.8 Å². The normalized spacial score (nSPS) is 9.95. The maximum Gasteiger partial charge on any atom is 4.00 e. The molecule has 0 aliphatic heterocycles. The second-order valence-corrected chi connectivity index (χ2v) is 9.14. The van der Waals surface area contributed by atoms with Crippen LogP contribution in [0.2, 0.25) is 0 Å². The summed E-state index contributed by atoms with van der Waals surface area (Å²) >= 11 is 0. The Kier molecular flexibility index (Phi) is 12.1. The Balaban J connectivity index is 0.000000254. The largest absolute Gasteiger partial charge is 4.00 e. The first kappa shape index (κ1) is 32.4. The number of benzene rings is 4. The number of hydrogen-bond acceptors (Lipinski definition) is 2. The molecule has 0 N–H and O–H groups in total. The summed E-state index contributed by atoms with van der Waals surface area (Å²) in [7, 11) is 3.38. The van der Waals surface area contributed by atoms with Crippen molar-refractivity contribution in [1.82, 2.24) is 0 Å². The Bertz CT molecular complexity index is 1490. The minimum atomic E-state index is 0. The van der Waals surface area contributed by atoms with Crippen LogP contribution in [0.25, 0.3) is 43.8 Å². The van der Waals surface area contributed by atoms with E-state index in [1.807, 2.05) is 24.3 Å². The molecule has 0 saturated carbocycles. The standard InChI is InChI=1S/2C17H15O.2ClH.Zr/c2*1-12-10-14-4-3-5-16(17(14)11-12)13-6-8-15(18-2)9-7-13;;;/h2*3-11H,1-2H3;2*1H;/q2*-1;;;+4/p-2. The maximum atomic E-state index is 5.20. The number of hydrogen-bond donors (Lipinski definition) is 0. The number of rotatable bonds is 4. The summed E-state index contributed by atoms with van der Waals surface area (Å²) in [6, 6.07) is 38.3. The molecule has 6 aromatic carbocycles. The van der Waals surface area contributed by atoms with Crippen molar-refractivity contribution in [1.29, 1.82) is 0 Å². The van der Waals surface area contributed by atoms with E-state index >= 15 is 0 Å². The molecule has 0 unspecified atom stereocenters. The first-order valence-electron chi connectivity index (χ1n) is 12.2. The van der Waals surface area contributed by atoms with Gasteiger partial charge in [-0.2, -0.15) is 12.1 Å². The van der Waals surface area contributed by atoms with Crippen molar-refractivity contribution >= 4 is 21.5 Å². The van der Waals surface area contributed by atoms with Gasteiger partial charge in [0.1, 0.15) is 11.5 Å². The van der Waals surface area contributed by atoms with E-state index in [9.17, 15) is 0 Å². The van der Waals surface area contributed by atoms with Crippen LogP contribution in [0.5, 0.6) is 11.5 Å². The molecule has 0 spiro atoms. The van der Waals surface area contributed by atoms with Crippen LogP contribution in [0.15, 0.2) is 109 Å². The number of ether oxygens (including phenoxy) is 2. The SMILES string of the molecule is COc1ccc(-c2cccc3[cH-]c(C)cc23)cc1.COc1ccc(-c2cccc3[cH-]c(C)cc23)cc1.[Cl-].[Cl-].[Zr+4]. The second kappa shape index (κ2) is 14.5. The summed E-state index contributed by atoms with van der Waals surface area (Å²) in [5.74, 6) is 1.79. The molecule has 0 aliphatic carbocycles. The molecule has 2 nitrogen and oxygen atoms in total. The molecule has 6 aromatic rings. The van der Waals surface area contributed by atoms with Gasteiger partial charge in [0.05, 0.1) is 14.2 Å². The zero-order valence-corrected chi connectivity index (χ0v) is 26.4. The van der Waals surface area contributed by atoms with Crippen LogP contribution < -0.4 is 34.3 Å². The summed E-state index contributed by atoms with van der Waals surface area (Å²) in [4.78, 5) is 0. The quantitative estimate of drug-likeness (QED) is 0.279. The molecule has 0 saturated heterocycles. The number of methoxy groups -OCH3 is 2. The van der Waals surface area contributed by atoms with Crippen LogP contribution in [-0.4, -0.2) is 14.2 Å². The fourth-order valence-electron chi connectivity index (χ4n) is 4.81. The second-order valence-electron chi connectivity index (χ2n) is 9.14. The molecule has 39 heavy (non-hydrogen) atoms. The van der Waals surface area contributed by atoms with Crippen molar-refractivity contribution in [3.8, 4) is 33.8 Å². The molecule has 0 amide bonds. The van der Waals surface area contributed by atoms with Gasteiger partial charge in [-0.25, -0.2) is 0 Å². The molecule has 0 radical (unpaired) electrons. The average Bonchev–Trinajstić information content (AvgIpc) is 3.49. The van der Waals surface area contributed by atoms with Gasteiger partial charge in [-0.05, 0) is 35.4 Å². The van der Waals surface area contributed by atoms with Crippen LogP contribution in [0.4, 0.5) is 0 Å². The molecule has 6 rings (SSSR count). The van der Waals surface area contributed by atoms with Gasteiger partial charge >= 0.3 is 26.2 Å². The number of aryl methyl sites for hydroxylation is 2. The predicted molar refractivity (Wildman–Crippen MR) is 153 cm³/mol. The van der Waals surface area contributed by atoms with Gasteiger partial charge in [0.2, 0.25) is 0 Å². The first-order chi connectivity index (χ1) is 17.6. The predicted octanol–water partition coefficient (Wildman–Crippen LogP) is 3.09. The van der Waals surface area contributed by atoms with Crippen molar-refractivity contribution in [2.75, 3.05) is 14.2 Å². The van der Waals surface area contributed by atoms with Gasteiger partial charge < -0.3 is 34.3 Å². The Morgan fingerprint density at radius 2 is 0.872 bits per heavy atom. The topological polar surface area (TPSA) is 18.5 Å². The monoisotopic (exact) mass is 630 g/mol. The zero-order chi connectivity index (χ0) is 25.1. The van der Waals surface area contributed by atoms with E-state index in [-0.39, 0.29) is 51.0 Å². The van der Waals surface area contributed by atoms with Crippen molar-refractivity contribution in [2.24, 2.45) is 0 Å². The van der Waals surface area contributed by atoms with E-state index < -0.39 is 0 Å². The van der Waals surface area contributed by atoms with E-state index in [0.29, 0.717) is 0 Å². The van der Waals surface area contributed by atoms with Gasteiger partial charge in [-0.15, -0.1) is 69.1 Å². The molecular weight excluding hydrogens is 603 g/mol. The molecule has 196 valence electrons. The van der Waals surface area contributed by atoms with Crippen LogP contribution in [0, 0.1) is 13.8 Å². The van der Waals surface area contributed by atoms with Gasteiger partial charge in [0, 0.05) is 0 Å². The summed E-state index contributed by atoms with van der Waals surface area (Å²) in [6.45, 7) is 4.27. The maximum absolute atomic E-state index is 5.20. The zero-order valence-electron chi connectivity index (χ0n) is 22.5. The van der Waals surface area contributed by atoms with Gasteiger partial charge in [0.15, 0.2) is 0 Å². The summed E-state index contributed by atoms with van der Waals surface area (Å²) in [5.41, 5.74) is 7.64. The Hall–Kier alpha value is -2.84. The Morgan fingerprint density at radius 1 is 0.513 bits per heavy atom. The fraction of sp³-hybridized carbons (Fsp3) is 0.118. The summed E-state index contributed by atoms with van der Waals surface area (Å²) in [6.07, 6.45) is 0. The van der Waals surface area contributed by atoms with Crippen LogP contribution >= 0.6 is 0 Å². The Labute approximate surface area is 262 Å². The van der Waals surface area contributed by atoms with Crippen molar-refractivity contribution in [3.63, 3.8) is 0 Å². The molecular formula is C34H30Cl2O2Zr. The van der Waals surface area contributed by atoms with Crippen LogP contribution in [0.1, 0.15) is 11.1 Å². The van der Waals surface area contributed by atoms with Crippen LogP contribution in [0.3, 0.4) is 0 Å². The van der Waals surface area contributed by atoms with Gasteiger partial charge in [-0.3, -0.25) is 0 Å². The third-order valence-electron chi connectivity index (χ3n) is 6.59. The third kappa shape index (κ3) is 7.22. The fourth-order valence-corrected chi connectivity index (χ4v) is 4.81. The first-order valence-corrected chi connectivity index (χ1v) is 12.2. The molecule has 0 fully saturated rings. The van der Waals surface area contributed by atoms with Gasteiger partial charge in [-0.1, -0.05) is 61.4 Å². The van der Waals surface area contributed by atoms with Crippen molar-refractivity contribution in [3.05, 3.63) is 120 Å². The molecule has 0 bridgehead atoms. The minimum Gasteiger partial charge on any atom is -1.00 e.